The molecule has 0 amide bonds. The summed E-state index contributed by atoms with van der Waals surface area (Å²) in [6.07, 6.45) is 5.12. The van der Waals surface area contributed by atoms with Crippen molar-refractivity contribution < 1.29 is 0 Å². The van der Waals surface area contributed by atoms with Crippen molar-refractivity contribution in [2.45, 2.75) is 44.1 Å². The number of benzene rings is 2. The highest BCUT2D eigenvalue weighted by Crippen LogP contribution is 2.48. The molecule has 3 fully saturated rings. The molecular formula is C25H26N4S. The largest absolute Gasteiger partial charge is 0.368 e. The molecule has 0 N–H and O–H groups in total. The molecule has 30 heavy (non-hydrogen) atoms. The maximum atomic E-state index is 9.97. The van der Waals surface area contributed by atoms with Gasteiger partial charge in [-0.3, -0.25) is 4.90 Å². The maximum absolute atomic E-state index is 9.97. The summed E-state index contributed by atoms with van der Waals surface area (Å²) in [4.78, 5) is 9.78. The summed E-state index contributed by atoms with van der Waals surface area (Å²) in [5.41, 5.74) is 6.06. The van der Waals surface area contributed by atoms with E-state index in [1.54, 1.807) is 0 Å². The Kier molecular flexibility index (Phi) is 4.51. The molecule has 152 valence electrons. The highest BCUT2D eigenvalue weighted by Gasteiger charge is 2.33. The fraction of sp³-hybridized carbons (Fsp3) is 0.440. The molecule has 0 bridgehead atoms. The van der Waals surface area contributed by atoms with Gasteiger partial charge in [-0.15, -0.1) is 11.3 Å². The number of para-hydroxylation sites is 1. The first-order valence-corrected chi connectivity index (χ1v) is 12.0. The van der Waals surface area contributed by atoms with Gasteiger partial charge in [-0.2, -0.15) is 5.26 Å². The SMILES string of the molecule is N#Cc1c(C2CC2)cc(C2CC2)cc1N1CCN(Cc2nc3ccccc3s2)CC1. The Morgan fingerprint density at radius 1 is 1.00 bits per heavy atom. The Labute approximate surface area is 181 Å². The van der Waals surface area contributed by atoms with Gasteiger partial charge in [0.1, 0.15) is 11.1 Å². The van der Waals surface area contributed by atoms with Crippen LogP contribution in [0.1, 0.15) is 59.2 Å². The summed E-state index contributed by atoms with van der Waals surface area (Å²) < 4.78 is 1.27. The third-order valence-electron chi connectivity index (χ3n) is 6.76. The Bertz CT molecular complexity index is 1090. The summed E-state index contributed by atoms with van der Waals surface area (Å²) in [6, 6.07) is 15.7. The Morgan fingerprint density at radius 3 is 2.47 bits per heavy atom. The number of thiazole rings is 1. The average molecular weight is 415 g/mol. The van der Waals surface area contributed by atoms with Crippen LogP contribution in [0.5, 0.6) is 0 Å². The number of nitriles is 1. The lowest BCUT2D eigenvalue weighted by molar-refractivity contribution is 0.249. The lowest BCUT2D eigenvalue weighted by Gasteiger charge is -2.36. The first-order chi connectivity index (χ1) is 14.8. The molecule has 0 atom stereocenters. The number of rotatable bonds is 5. The maximum Gasteiger partial charge on any atom is 0.108 e. The van der Waals surface area contributed by atoms with E-state index in [0.29, 0.717) is 5.92 Å². The minimum atomic E-state index is 0.623. The molecule has 1 aliphatic heterocycles. The van der Waals surface area contributed by atoms with E-state index in [9.17, 15) is 5.26 Å². The zero-order valence-corrected chi connectivity index (χ0v) is 18.0. The minimum Gasteiger partial charge on any atom is -0.368 e. The van der Waals surface area contributed by atoms with Gasteiger partial charge >= 0.3 is 0 Å². The number of piperazine rings is 1. The standard InChI is InChI=1S/C25H26N4S/c26-15-21-20(18-7-8-18)13-19(17-5-6-17)14-23(21)29-11-9-28(10-12-29)16-25-27-22-3-1-2-4-24(22)30-25/h1-4,13-14,17-18H,5-12,16H2. The second-order valence-corrected chi connectivity index (χ2v) is 10.1. The van der Waals surface area contributed by atoms with Gasteiger partial charge in [0.15, 0.2) is 0 Å². The summed E-state index contributed by atoms with van der Waals surface area (Å²) in [5, 5.41) is 11.2. The van der Waals surface area contributed by atoms with E-state index in [0.717, 1.165) is 49.7 Å². The van der Waals surface area contributed by atoms with E-state index >= 15 is 0 Å². The van der Waals surface area contributed by atoms with Crippen molar-refractivity contribution in [2.75, 3.05) is 31.1 Å². The molecule has 2 aromatic carbocycles. The van der Waals surface area contributed by atoms with E-state index in [2.05, 4.69) is 52.3 Å². The van der Waals surface area contributed by atoms with Crippen molar-refractivity contribution in [1.29, 1.82) is 5.26 Å². The van der Waals surface area contributed by atoms with E-state index in [1.165, 1.54) is 52.2 Å². The monoisotopic (exact) mass is 414 g/mol. The quantitative estimate of drug-likeness (QED) is 0.572. The molecule has 3 aliphatic rings. The normalized spacial score (nSPS) is 19.9. The minimum absolute atomic E-state index is 0.623. The van der Waals surface area contributed by atoms with Gasteiger partial charge in [-0.1, -0.05) is 18.2 Å². The van der Waals surface area contributed by atoms with Crippen LogP contribution < -0.4 is 4.90 Å². The van der Waals surface area contributed by atoms with Crippen LogP contribution in [0.25, 0.3) is 10.2 Å². The fourth-order valence-corrected chi connectivity index (χ4v) is 5.75. The van der Waals surface area contributed by atoms with Gasteiger partial charge in [-0.05, 0) is 66.8 Å². The Balaban J connectivity index is 1.20. The number of aromatic nitrogens is 1. The predicted octanol–water partition coefficient (Wildman–Crippen LogP) is 5.24. The fourth-order valence-electron chi connectivity index (χ4n) is 4.74. The van der Waals surface area contributed by atoms with Gasteiger partial charge in [-0.25, -0.2) is 4.98 Å². The summed E-state index contributed by atoms with van der Waals surface area (Å²) in [6.45, 7) is 4.93. The van der Waals surface area contributed by atoms with Crippen LogP contribution in [0.4, 0.5) is 5.69 Å². The van der Waals surface area contributed by atoms with Gasteiger partial charge < -0.3 is 4.90 Å². The first kappa shape index (κ1) is 18.4. The molecular weight excluding hydrogens is 388 g/mol. The summed E-state index contributed by atoms with van der Waals surface area (Å²) in [7, 11) is 0. The highest BCUT2D eigenvalue weighted by molar-refractivity contribution is 7.18. The second-order valence-electron chi connectivity index (χ2n) is 9.00. The van der Waals surface area contributed by atoms with E-state index in [4.69, 9.17) is 4.98 Å². The molecule has 0 radical (unpaired) electrons. The molecule has 0 unspecified atom stereocenters. The number of hydrogen-bond acceptors (Lipinski definition) is 5. The van der Waals surface area contributed by atoms with Crippen molar-refractivity contribution in [2.24, 2.45) is 0 Å². The molecule has 3 aromatic rings. The van der Waals surface area contributed by atoms with Gasteiger partial charge in [0.2, 0.25) is 0 Å². The number of nitrogens with zero attached hydrogens (tertiary/aromatic N) is 4. The van der Waals surface area contributed by atoms with E-state index < -0.39 is 0 Å². The molecule has 1 saturated heterocycles. The molecule has 2 saturated carbocycles. The number of hydrogen-bond donors (Lipinski definition) is 0. The van der Waals surface area contributed by atoms with Gasteiger partial charge in [0.05, 0.1) is 28.0 Å². The van der Waals surface area contributed by atoms with E-state index in [1.807, 2.05) is 11.3 Å². The smallest absolute Gasteiger partial charge is 0.108 e. The number of anilines is 1. The Morgan fingerprint density at radius 2 is 1.77 bits per heavy atom. The van der Waals surface area contributed by atoms with Crippen molar-refractivity contribution in [3.05, 3.63) is 58.1 Å². The van der Waals surface area contributed by atoms with Gasteiger partial charge in [0.25, 0.3) is 0 Å². The lowest BCUT2D eigenvalue weighted by Crippen LogP contribution is -2.46. The third kappa shape index (κ3) is 3.49. The molecule has 1 aromatic heterocycles. The van der Waals surface area contributed by atoms with Crippen LogP contribution in [-0.4, -0.2) is 36.1 Å². The zero-order valence-electron chi connectivity index (χ0n) is 17.2. The molecule has 0 spiro atoms. The zero-order chi connectivity index (χ0) is 20.1. The first-order valence-electron chi connectivity index (χ1n) is 11.2. The van der Waals surface area contributed by atoms with Crippen LogP contribution in [0.2, 0.25) is 0 Å². The molecule has 2 aliphatic carbocycles. The number of fused-ring (bicyclic) bond motifs is 1. The van der Waals surface area contributed by atoms with Crippen molar-refractivity contribution in [3.8, 4) is 6.07 Å². The topological polar surface area (TPSA) is 43.2 Å². The second kappa shape index (κ2) is 7.37. The predicted molar refractivity (Wildman–Crippen MR) is 122 cm³/mol. The Hall–Kier alpha value is -2.42. The van der Waals surface area contributed by atoms with Gasteiger partial charge in [0, 0.05) is 26.2 Å². The average Bonchev–Trinajstić information content (AvgIpc) is 3.69. The molecule has 4 nitrogen and oxygen atoms in total. The highest BCUT2D eigenvalue weighted by atomic mass is 32.1. The van der Waals surface area contributed by atoms with Crippen LogP contribution in [-0.2, 0) is 6.54 Å². The van der Waals surface area contributed by atoms with Crippen LogP contribution in [0.3, 0.4) is 0 Å². The van der Waals surface area contributed by atoms with Crippen LogP contribution in [0.15, 0.2) is 36.4 Å². The van der Waals surface area contributed by atoms with E-state index in [-0.39, 0.29) is 0 Å². The summed E-state index contributed by atoms with van der Waals surface area (Å²) in [5.74, 6) is 1.35. The van der Waals surface area contributed by atoms with Crippen molar-refractivity contribution >= 4 is 27.2 Å². The molecule has 5 heteroatoms. The van der Waals surface area contributed by atoms with Crippen LogP contribution in [0, 0.1) is 11.3 Å². The van der Waals surface area contributed by atoms with Crippen molar-refractivity contribution in [3.63, 3.8) is 0 Å². The molecule has 2 heterocycles. The third-order valence-corrected chi connectivity index (χ3v) is 7.78. The molecule has 6 rings (SSSR count). The van der Waals surface area contributed by atoms with Crippen molar-refractivity contribution in [1.82, 2.24) is 9.88 Å². The summed E-state index contributed by atoms with van der Waals surface area (Å²) >= 11 is 1.81. The van der Waals surface area contributed by atoms with Crippen LogP contribution >= 0.6 is 11.3 Å². The lowest BCUT2D eigenvalue weighted by atomic mass is 9.96.